The van der Waals surface area contributed by atoms with Crippen LogP contribution in [0, 0.1) is 0 Å². The summed E-state index contributed by atoms with van der Waals surface area (Å²) >= 11 is 0. The van der Waals surface area contributed by atoms with Crippen LogP contribution in [0.4, 0.5) is 0 Å². The van der Waals surface area contributed by atoms with Crippen LogP contribution in [0.1, 0.15) is 29.0 Å². The van der Waals surface area contributed by atoms with E-state index in [-0.39, 0.29) is 6.04 Å². The Morgan fingerprint density at radius 1 is 0.645 bits per heavy atom. The minimum atomic E-state index is -0.672. The molecule has 0 amide bonds. The normalized spacial score (nSPS) is 16.3. The van der Waals surface area contributed by atoms with Gasteiger partial charge in [-0.25, -0.2) is 0 Å². The van der Waals surface area contributed by atoms with E-state index in [2.05, 4.69) is 70.5 Å². The van der Waals surface area contributed by atoms with E-state index in [1.54, 1.807) is 14.2 Å². The summed E-state index contributed by atoms with van der Waals surface area (Å²) in [4.78, 5) is 4.62. The first-order chi connectivity index (χ1) is 15.2. The standard InChI is InChI=1S/C26H30N2O3/c1-30-23-14-13-22(19-24(23)31-2)26(29)28-17-15-27(16-18-28)25(20-9-5-3-6-10-20)21-11-7-4-8-12-21/h3-14,19,25-26,29H,15-18H2,1-2H3/t26-/m0/s1. The molecule has 0 aromatic heterocycles. The molecule has 1 aliphatic rings. The number of ether oxygens (including phenoxy) is 2. The molecular formula is C26H30N2O3. The zero-order chi connectivity index (χ0) is 21.6. The zero-order valence-corrected chi connectivity index (χ0v) is 18.1. The number of aliphatic hydroxyl groups is 1. The summed E-state index contributed by atoms with van der Waals surface area (Å²) in [5.41, 5.74) is 3.40. The number of rotatable bonds is 7. The van der Waals surface area contributed by atoms with Gasteiger partial charge >= 0.3 is 0 Å². The molecule has 1 fully saturated rings. The van der Waals surface area contributed by atoms with Gasteiger partial charge < -0.3 is 14.6 Å². The van der Waals surface area contributed by atoms with Crippen molar-refractivity contribution in [3.63, 3.8) is 0 Å². The number of hydrogen-bond acceptors (Lipinski definition) is 5. The van der Waals surface area contributed by atoms with Gasteiger partial charge in [-0.1, -0.05) is 66.7 Å². The van der Waals surface area contributed by atoms with Crippen molar-refractivity contribution in [1.82, 2.24) is 9.80 Å². The molecule has 0 radical (unpaired) electrons. The van der Waals surface area contributed by atoms with Gasteiger partial charge in [-0.15, -0.1) is 0 Å². The highest BCUT2D eigenvalue weighted by Crippen LogP contribution is 2.33. The lowest BCUT2D eigenvalue weighted by Gasteiger charge is -2.41. The molecule has 1 N–H and O–H groups in total. The van der Waals surface area contributed by atoms with Crippen LogP contribution in [0.25, 0.3) is 0 Å². The molecule has 1 saturated heterocycles. The van der Waals surface area contributed by atoms with Gasteiger partial charge in [-0.3, -0.25) is 9.80 Å². The van der Waals surface area contributed by atoms with Crippen molar-refractivity contribution in [3.8, 4) is 11.5 Å². The maximum absolute atomic E-state index is 11.0. The van der Waals surface area contributed by atoms with Crippen LogP contribution in [0.5, 0.6) is 11.5 Å². The molecule has 31 heavy (non-hydrogen) atoms. The average molecular weight is 419 g/mol. The van der Waals surface area contributed by atoms with E-state index in [9.17, 15) is 5.11 Å². The quantitative estimate of drug-likeness (QED) is 0.626. The van der Waals surface area contributed by atoms with E-state index < -0.39 is 6.23 Å². The van der Waals surface area contributed by atoms with Crippen molar-refractivity contribution in [2.75, 3.05) is 40.4 Å². The maximum Gasteiger partial charge on any atom is 0.161 e. The summed E-state index contributed by atoms with van der Waals surface area (Å²) in [6, 6.07) is 27.1. The maximum atomic E-state index is 11.0. The fourth-order valence-corrected chi connectivity index (χ4v) is 4.35. The van der Waals surface area contributed by atoms with E-state index in [4.69, 9.17) is 9.47 Å². The second-order valence-electron chi connectivity index (χ2n) is 7.78. The van der Waals surface area contributed by atoms with Crippen molar-refractivity contribution in [3.05, 3.63) is 95.6 Å². The Bertz CT molecular complexity index is 917. The SMILES string of the molecule is COc1ccc([C@H](O)N2CCN(C(c3ccccc3)c3ccccc3)CC2)cc1OC. The summed E-state index contributed by atoms with van der Waals surface area (Å²) in [7, 11) is 3.23. The first-order valence-electron chi connectivity index (χ1n) is 10.7. The molecule has 5 nitrogen and oxygen atoms in total. The molecule has 1 aliphatic heterocycles. The molecular weight excluding hydrogens is 388 g/mol. The average Bonchev–Trinajstić information content (AvgIpc) is 2.85. The lowest BCUT2D eigenvalue weighted by atomic mass is 9.96. The van der Waals surface area contributed by atoms with Crippen LogP contribution in [0.15, 0.2) is 78.9 Å². The van der Waals surface area contributed by atoms with E-state index in [1.807, 2.05) is 18.2 Å². The first-order valence-corrected chi connectivity index (χ1v) is 10.7. The van der Waals surface area contributed by atoms with Crippen LogP contribution < -0.4 is 9.47 Å². The van der Waals surface area contributed by atoms with Crippen LogP contribution in [-0.2, 0) is 0 Å². The van der Waals surface area contributed by atoms with Crippen molar-refractivity contribution in [2.45, 2.75) is 12.3 Å². The van der Waals surface area contributed by atoms with Crippen LogP contribution in [0.2, 0.25) is 0 Å². The van der Waals surface area contributed by atoms with Crippen LogP contribution in [0.3, 0.4) is 0 Å². The Morgan fingerprint density at radius 3 is 1.68 bits per heavy atom. The highest BCUT2D eigenvalue weighted by Gasteiger charge is 2.29. The minimum Gasteiger partial charge on any atom is -0.493 e. The molecule has 3 aromatic rings. The number of aliphatic hydroxyl groups excluding tert-OH is 1. The third-order valence-electron chi connectivity index (χ3n) is 6.00. The van der Waals surface area contributed by atoms with Crippen LogP contribution in [-0.4, -0.2) is 55.3 Å². The largest absolute Gasteiger partial charge is 0.493 e. The molecule has 0 saturated carbocycles. The lowest BCUT2D eigenvalue weighted by molar-refractivity contribution is -0.0322. The molecule has 4 rings (SSSR count). The number of piperazine rings is 1. The summed E-state index contributed by atoms with van der Waals surface area (Å²) < 4.78 is 10.7. The second kappa shape index (κ2) is 9.96. The molecule has 1 atom stereocenters. The van der Waals surface area contributed by atoms with Crippen molar-refractivity contribution < 1.29 is 14.6 Å². The Balaban J connectivity index is 1.49. The highest BCUT2D eigenvalue weighted by atomic mass is 16.5. The molecule has 0 aliphatic carbocycles. The summed E-state index contributed by atoms with van der Waals surface area (Å²) in [5.74, 6) is 1.29. The number of benzene rings is 3. The molecule has 162 valence electrons. The predicted molar refractivity (Wildman–Crippen MR) is 122 cm³/mol. The van der Waals surface area contributed by atoms with E-state index in [1.165, 1.54) is 11.1 Å². The minimum absolute atomic E-state index is 0.211. The van der Waals surface area contributed by atoms with Crippen molar-refractivity contribution in [1.29, 1.82) is 0 Å². The van der Waals surface area contributed by atoms with Crippen molar-refractivity contribution >= 4 is 0 Å². The summed E-state index contributed by atoms with van der Waals surface area (Å²) in [6.07, 6.45) is -0.672. The smallest absolute Gasteiger partial charge is 0.161 e. The number of nitrogens with zero attached hydrogens (tertiary/aromatic N) is 2. The zero-order valence-electron chi connectivity index (χ0n) is 18.1. The van der Waals surface area contributed by atoms with Gasteiger partial charge in [0.25, 0.3) is 0 Å². The van der Waals surface area contributed by atoms with E-state index in [0.29, 0.717) is 11.5 Å². The van der Waals surface area contributed by atoms with Crippen molar-refractivity contribution in [2.24, 2.45) is 0 Å². The molecule has 3 aromatic carbocycles. The van der Waals surface area contributed by atoms with Gasteiger partial charge in [0, 0.05) is 26.2 Å². The summed E-state index contributed by atoms with van der Waals surface area (Å²) in [5, 5.41) is 11.0. The van der Waals surface area contributed by atoms with E-state index >= 15 is 0 Å². The van der Waals surface area contributed by atoms with Gasteiger partial charge in [0.05, 0.1) is 20.3 Å². The Hall–Kier alpha value is -2.86. The van der Waals surface area contributed by atoms with Crippen LogP contribution >= 0.6 is 0 Å². The molecule has 0 unspecified atom stereocenters. The van der Waals surface area contributed by atoms with Gasteiger partial charge in [-0.05, 0) is 28.8 Å². The predicted octanol–water partition coefficient (Wildman–Crippen LogP) is 4.10. The lowest BCUT2D eigenvalue weighted by Crippen LogP contribution is -2.48. The Kier molecular flexibility index (Phi) is 6.87. The number of hydrogen-bond donors (Lipinski definition) is 1. The molecule has 5 heteroatoms. The molecule has 0 bridgehead atoms. The fourth-order valence-electron chi connectivity index (χ4n) is 4.35. The number of methoxy groups -OCH3 is 2. The second-order valence-corrected chi connectivity index (χ2v) is 7.78. The van der Waals surface area contributed by atoms with Gasteiger partial charge in [0.15, 0.2) is 11.5 Å². The Labute approximate surface area is 184 Å². The third kappa shape index (κ3) is 4.74. The van der Waals surface area contributed by atoms with E-state index in [0.717, 1.165) is 31.7 Å². The first kappa shape index (κ1) is 21.4. The highest BCUT2D eigenvalue weighted by molar-refractivity contribution is 5.43. The van der Waals surface area contributed by atoms with Gasteiger partial charge in [0.1, 0.15) is 6.23 Å². The third-order valence-corrected chi connectivity index (χ3v) is 6.00. The topological polar surface area (TPSA) is 45.2 Å². The molecule has 0 spiro atoms. The molecule has 1 heterocycles. The monoisotopic (exact) mass is 418 g/mol. The fraction of sp³-hybridized carbons (Fsp3) is 0.308. The Morgan fingerprint density at radius 2 is 1.16 bits per heavy atom. The van der Waals surface area contributed by atoms with Gasteiger partial charge in [0.2, 0.25) is 0 Å². The van der Waals surface area contributed by atoms with Gasteiger partial charge in [-0.2, -0.15) is 0 Å². The summed E-state index contributed by atoms with van der Waals surface area (Å²) in [6.45, 7) is 3.31.